The Kier molecular flexibility index (Phi) is 13.3. The SMILES string of the molecule is CCCOc1ccc(-c2cc(-c3ccc(C)cc3)cc(-c3ccc(O)cc3)c2)cc1.CCCOc1ccc(-c2cc(-c3ccc(O)cc3)cc(-c3ccc(O)cc3)c2)cc1. The Hall–Kier alpha value is -7.24. The van der Waals surface area contributed by atoms with E-state index in [0.717, 1.165) is 86.6 Å². The molecule has 0 bridgehead atoms. The van der Waals surface area contributed by atoms with E-state index >= 15 is 0 Å². The van der Waals surface area contributed by atoms with Crippen molar-refractivity contribution in [2.24, 2.45) is 0 Å². The van der Waals surface area contributed by atoms with Gasteiger partial charge in [0.25, 0.3) is 0 Å². The number of benzene rings is 8. The van der Waals surface area contributed by atoms with Crippen LogP contribution in [0.15, 0.2) is 182 Å². The normalized spacial score (nSPS) is 10.7. The molecular weight excluding hydrogens is 741 g/mol. The first-order valence-electron chi connectivity index (χ1n) is 20.5. The van der Waals surface area contributed by atoms with E-state index < -0.39 is 0 Å². The minimum absolute atomic E-state index is 0.247. The summed E-state index contributed by atoms with van der Waals surface area (Å²) in [5, 5.41) is 29.0. The Morgan fingerprint density at radius 2 is 0.517 bits per heavy atom. The molecule has 0 heterocycles. The van der Waals surface area contributed by atoms with Gasteiger partial charge in [-0.25, -0.2) is 0 Å². The van der Waals surface area contributed by atoms with Gasteiger partial charge in [-0.3, -0.25) is 0 Å². The maximum absolute atomic E-state index is 9.67. The van der Waals surface area contributed by atoms with Crippen molar-refractivity contribution in [1.82, 2.24) is 0 Å². The summed E-state index contributed by atoms with van der Waals surface area (Å²) in [7, 11) is 0. The van der Waals surface area contributed by atoms with Gasteiger partial charge in [0.2, 0.25) is 0 Å². The van der Waals surface area contributed by atoms with Crippen molar-refractivity contribution in [3.63, 3.8) is 0 Å². The Bertz CT molecular complexity index is 2280. The van der Waals surface area contributed by atoms with E-state index in [1.54, 1.807) is 36.4 Å². The number of phenolic OH excluding ortho intramolecular Hbond substituents is 3. The van der Waals surface area contributed by atoms with Crippen LogP contribution in [0, 0.1) is 6.92 Å². The van der Waals surface area contributed by atoms with Gasteiger partial charge < -0.3 is 24.8 Å². The highest BCUT2D eigenvalue weighted by Crippen LogP contribution is 2.36. The van der Waals surface area contributed by atoms with Gasteiger partial charge in [-0.2, -0.15) is 0 Å². The molecular formula is C55H50O5. The van der Waals surface area contributed by atoms with Crippen LogP contribution in [-0.2, 0) is 0 Å². The first-order valence-corrected chi connectivity index (χ1v) is 20.5. The van der Waals surface area contributed by atoms with Crippen LogP contribution in [-0.4, -0.2) is 28.5 Å². The predicted octanol–water partition coefficient (Wildman–Crippen LogP) is 14.4. The number of rotatable bonds is 12. The van der Waals surface area contributed by atoms with Crippen molar-refractivity contribution >= 4 is 0 Å². The Morgan fingerprint density at radius 1 is 0.300 bits per heavy atom. The molecule has 3 N–H and O–H groups in total. The highest BCUT2D eigenvalue weighted by Gasteiger charge is 2.10. The topological polar surface area (TPSA) is 79.2 Å². The molecule has 0 amide bonds. The van der Waals surface area contributed by atoms with Crippen LogP contribution in [0.4, 0.5) is 0 Å². The zero-order valence-corrected chi connectivity index (χ0v) is 34.3. The molecule has 0 aliphatic rings. The summed E-state index contributed by atoms with van der Waals surface area (Å²) in [6, 6.07) is 59.9. The number of ether oxygens (including phenoxy) is 2. The summed E-state index contributed by atoms with van der Waals surface area (Å²) in [4.78, 5) is 0. The van der Waals surface area contributed by atoms with Crippen molar-refractivity contribution in [2.45, 2.75) is 33.6 Å². The Labute approximate surface area is 353 Å². The molecule has 8 aromatic carbocycles. The smallest absolute Gasteiger partial charge is 0.119 e. The molecule has 0 aliphatic heterocycles. The van der Waals surface area contributed by atoms with Crippen molar-refractivity contribution in [1.29, 1.82) is 0 Å². The standard InChI is InChI=1S/C28H26O2.C27H24O3/c1-3-16-30-28-14-10-23(11-15-28)26-18-24(21-6-4-20(2)5-7-21)17-25(19-26)22-8-12-27(29)13-9-22;1-2-15-30-27-13-7-21(8-14-27)24-17-22(19-3-9-25(28)10-4-19)16-23(18-24)20-5-11-26(29)12-6-20/h4-15,17-19,29H,3,16H2,1-2H3;3-14,16-18,28-29H,2,15H2,1H3. The van der Waals surface area contributed by atoms with Gasteiger partial charge in [-0.05, 0) is 184 Å². The fourth-order valence-corrected chi connectivity index (χ4v) is 6.89. The average molecular weight is 791 g/mol. The summed E-state index contributed by atoms with van der Waals surface area (Å²) in [6.45, 7) is 7.74. The van der Waals surface area contributed by atoms with Crippen LogP contribution < -0.4 is 9.47 Å². The molecule has 0 aliphatic carbocycles. The maximum atomic E-state index is 9.67. The second-order valence-electron chi connectivity index (χ2n) is 14.9. The molecule has 60 heavy (non-hydrogen) atoms. The lowest BCUT2D eigenvalue weighted by molar-refractivity contribution is 0.317. The molecule has 5 heteroatoms. The van der Waals surface area contributed by atoms with E-state index in [1.165, 1.54) is 16.7 Å². The van der Waals surface area contributed by atoms with Gasteiger partial charge in [0.1, 0.15) is 28.7 Å². The highest BCUT2D eigenvalue weighted by molar-refractivity contribution is 5.83. The van der Waals surface area contributed by atoms with Crippen LogP contribution in [0.1, 0.15) is 32.3 Å². The molecule has 0 saturated carbocycles. The predicted molar refractivity (Wildman–Crippen MR) is 247 cm³/mol. The first kappa shape index (κ1) is 40.9. The summed E-state index contributed by atoms with van der Waals surface area (Å²) in [5.74, 6) is 2.53. The van der Waals surface area contributed by atoms with Crippen LogP contribution in [0.25, 0.3) is 66.8 Å². The van der Waals surface area contributed by atoms with Gasteiger partial charge in [0, 0.05) is 0 Å². The number of aromatic hydroxyl groups is 3. The van der Waals surface area contributed by atoms with Crippen LogP contribution in [0.5, 0.6) is 28.7 Å². The van der Waals surface area contributed by atoms with Crippen LogP contribution in [0.3, 0.4) is 0 Å². The van der Waals surface area contributed by atoms with E-state index in [4.69, 9.17) is 9.47 Å². The molecule has 0 aromatic heterocycles. The zero-order chi connectivity index (χ0) is 41.8. The first-order chi connectivity index (χ1) is 29.2. The van der Waals surface area contributed by atoms with E-state index in [-0.39, 0.29) is 17.2 Å². The third-order valence-corrected chi connectivity index (χ3v) is 10.2. The van der Waals surface area contributed by atoms with E-state index in [0.29, 0.717) is 6.61 Å². The molecule has 0 saturated heterocycles. The number of hydrogen-bond acceptors (Lipinski definition) is 5. The quantitative estimate of drug-likeness (QED) is 0.115. The molecule has 0 spiro atoms. The second-order valence-corrected chi connectivity index (χ2v) is 14.9. The Balaban J connectivity index is 0.000000181. The Morgan fingerprint density at radius 3 is 0.750 bits per heavy atom. The number of phenols is 3. The molecule has 0 atom stereocenters. The number of aryl methyl sites for hydroxylation is 1. The van der Waals surface area contributed by atoms with Crippen molar-refractivity contribution in [2.75, 3.05) is 13.2 Å². The molecule has 5 nitrogen and oxygen atoms in total. The lowest BCUT2D eigenvalue weighted by Crippen LogP contribution is -1.94. The van der Waals surface area contributed by atoms with Gasteiger partial charge >= 0.3 is 0 Å². The molecule has 0 unspecified atom stereocenters. The summed E-state index contributed by atoms with van der Waals surface area (Å²) in [5.41, 5.74) is 14.4. The summed E-state index contributed by atoms with van der Waals surface area (Å²) < 4.78 is 11.4. The van der Waals surface area contributed by atoms with Crippen molar-refractivity contribution in [3.8, 4) is 95.5 Å². The summed E-state index contributed by atoms with van der Waals surface area (Å²) in [6.07, 6.45) is 1.97. The minimum atomic E-state index is 0.247. The van der Waals surface area contributed by atoms with Crippen molar-refractivity contribution < 1.29 is 24.8 Å². The van der Waals surface area contributed by atoms with Gasteiger partial charge in [-0.1, -0.05) is 104 Å². The van der Waals surface area contributed by atoms with E-state index in [1.807, 2.05) is 60.7 Å². The van der Waals surface area contributed by atoms with E-state index in [9.17, 15) is 15.3 Å². The fraction of sp³-hybridized carbons (Fsp3) is 0.127. The third kappa shape index (κ3) is 10.6. The average Bonchev–Trinajstić information content (AvgIpc) is 3.29. The van der Waals surface area contributed by atoms with Gasteiger partial charge in [-0.15, -0.1) is 0 Å². The minimum Gasteiger partial charge on any atom is -0.508 e. The maximum Gasteiger partial charge on any atom is 0.119 e. The van der Waals surface area contributed by atoms with Crippen LogP contribution >= 0.6 is 0 Å². The molecule has 8 aromatic rings. The van der Waals surface area contributed by atoms with Crippen molar-refractivity contribution in [3.05, 3.63) is 188 Å². The third-order valence-electron chi connectivity index (χ3n) is 10.2. The summed E-state index contributed by atoms with van der Waals surface area (Å²) >= 11 is 0. The monoisotopic (exact) mass is 790 g/mol. The second kappa shape index (κ2) is 19.5. The molecule has 300 valence electrons. The van der Waals surface area contributed by atoms with Gasteiger partial charge in [0.05, 0.1) is 13.2 Å². The van der Waals surface area contributed by atoms with Crippen LogP contribution in [0.2, 0.25) is 0 Å². The lowest BCUT2D eigenvalue weighted by Gasteiger charge is -2.12. The molecule has 8 rings (SSSR count). The molecule has 0 fully saturated rings. The van der Waals surface area contributed by atoms with Gasteiger partial charge in [0.15, 0.2) is 0 Å². The highest BCUT2D eigenvalue weighted by atomic mass is 16.5. The lowest BCUT2D eigenvalue weighted by atomic mass is 9.93. The molecule has 0 radical (unpaired) electrons. The zero-order valence-electron chi connectivity index (χ0n) is 34.3. The number of hydrogen-bond donors (Lipinski definition) is 3. The van der Waals surface area contributed by atoms with E-state index in [2.05, 4.69) is 106 Å². The fourth-order valence-electron chi connectivity index (χ4n) is 6.89. The largest absolute Gasteiger partial charge is 0.508 e.